The van der Waals surface area contributed by atoms with E-state index < -0.39 is 12.0 Å². The number of Topliss-reactive ketones (excluding diaryl/α,β-unsaturated/α-hetero) is 1. The summed E-state index contributed by atoms with van der Waals surface area (Å²) in [4.78, 5) is 22.9. The predicted octanol–water partition coefficient (Wildman–Crippen LogP) is 1.96. The van der Waals surface area contributed by atoms with Crippen molar-refractivity contribution in [2.45, 2.75) is 19.4 Å². The molecule has 3 N–H and O–H groups in total. The van der Waals surface area contributed by atoms with E-state index in [0.717, 1.165) is 5.56 Å². The van der Waals surface area contributed by atoms with Gasteiger partial charge in [0.25, 0.3) is 0 Å². The highest BCUT2D eigenvalue weighted by atomic mass is 16.4. The molecule has 0 aromatic heterocycles. The fourth-order valence-corrected chi connectivity index (χ4v) is 1.74. The molecule has 0 amide bonds. The van der Waals surface area contributed by atoms with E-state index in [-0.39, 0.29) is 12.2 Å². The van der Waals surface area contributed by atoms with Gasteiger partial charge in [0.2, 0.25) is 0 Å². The largest absolute Gasteiger partial charge is 0.480 e. The summed E-state index contributed by atoms with van der Waals surface area (Å²) in [6.07, 6.45) is 10.1. The lowest BCUT2D eigenvalue weighted by atomic mass is 9.99. The van der Waals surface area contributed by atoms with Crippen molar-refractivity contribution in [1.29, 1.82) is 0 Å². The second-order valence-electron chi connectivity index (χ2n) is 4.42. The van der Waals surface area contributed by atoms with E-state index in [4.69, 9.17) is 17.3 Å². The number of benzene rings is 1. The predicted molar refractivity (Wildman–Crippen MR) is 81.8 cm³/mol. The van der Waals surface area contributed by atoms with Crippen LogP contribution in [0.15, 0.2) is 48.1 Å². The van der Waals surface area contributed by atoms with E-state index in [1.165, 1.54) is 6.08 Å². The molecule has 0 saturated heterocycles. The summed E-state index contributed by atoms with van der Waals surface area (Å²) < 4.78 is 0. The first kappa shape index (κ1) is 16.4. The first-order valence-corrected chi connectivity index (χ1v) is 6.40. The molecule has 0 radical (unpaired) electrons. The molecule has 0 bridgehead atoms. The van der Waals surface area contributed by atoms with Crippen LogP contribution in [0.3, 0.4) is 0 Å². The monoisotopic (exact) mass is 283 g/mol. The molecular weight excluding hydrogens is 266 g/mol. The van der Waals surface area contributed by atoms with Crippen LogP contribution < -0.4 is 5.73 Å². The van der Waals surface area contributed by atoms with Gasteiger partial charge >= 0.3 is 5.97 Å². The lowest BCUT2D eigenvalue weighted by Crippen LogP contribution is -2.32. The fraction of sp³-hybridized carbons (Fsp3) is 0.176. The average Bonchev–Trinajstić information content (AvgIpc) is 2.48. The van der Waals surface area contributed by atoms with Crippen molar-refractivity contribution in [3.05, 3.63) is 59.2 Å². The van der Waals surface area contributed by atoms with E-state index in [9.17, 15) is 9.59 Å². The third kappa shape index (κ3) is 4.75. The Hall–Kier alpha value is -2.64. The van der Waals surface area contributed by atoms with E-state index in [1.807, 2.05) is 0 Å². The number of rotatable bonds is 6. The Balaban J connectivity index is 2.87. The Bertz CT molecular complexity index is 618. The molecule has 108 valence electrons. The Kier molecular flexibility index (Phi) is 6.12. The van der Waals surface area contributed by atoms with Gasteiger partial charge in [0.1, 0.15) is 6.04 Å². The number of nitrogens with two attached hydrogens (primary N) is 1. The van der Waals surface area contributed by atoms with E-state index in [1.54, 1.807) is 43.3 Å². The maximum atomic E-state index is 12.2. The molecule has 1 atom stereocenters. The molecule has 4 nitrogen and oxygen atoms in total. The summed E-state index contributed by atoms with van der Waals surface area (Å²) in [7, 11) is 0. The van der Waals surface area contributed by atoms with E-state index in [0.29, 0.717) is 11.1 Å². The number of terminal acetylenes is 1. The molecule has 0 aliphatic rings. The summed E-state index contributed by atoms with van der Waals surface area (Å²) in [6.45, 7) is 1.76. The van der Waals surface area contributed by atoms with Crippen LogP contribution in [0, 0.1) is 12.3 Å². The number of carboxylic acid groups (broad SMARTS) is 1. The quantitative estimate of drug-likeness (QED) is 0.362. The molecule has 0 unspecified atom stereocenters. The zero-order valence-corrected chi connectivity index (χ0v) is 11.7. The first-order valence-electron chi connectivity index (χ1n) is 6.40. The number of hydrogen-bond acceptors (Lipinski definition) is 3. The molecule has 0 heterocycles. The Labute approximate surface area is 124 Å². The third-order valence-electron chi connectivity index (χ3n) is 2.92. The fourth-order valence-electron chi connectivity index (χ4n) is 1.74. The standard InChI is InChI=1S/C17H17NO3/c1-3-5-6-13(4-2)16(19)14-9-7-12(8-10-14)11-15(18)17(20)21/h1,4-10,15H,11,18H2,2H3,(H,20,21)/b6-5-,13-4+/t15-/m0/s1. The molecular formula is C17H17NO3. The van der Waals surface area contributed by atoms with Crippen molar-refractivity contribution in [2.24, 2.45) is 5.73 Å². The minimum atomic E-state index is -1.05. The molecule has 1 aromatic rings. The summed E-state index contributed by atoms with van der Waals surface area (Å²) in [5, 5.41) is 8.76. The lowest BCUT2D eigenvalue weighted by Gasteiger charge is -2.07. The van der Waals surface area contributed by atoms with Crippen LogP contribution in [0.1, 0.15) is 22.8 Å². The van der Waals surface area contributed by atoms with Crippen LogP contribution in [0.25, 0.3) is 0 Å². The molecule has 0 spiro atoms. The minimum absolute atomic E-state index is 0.141. The maximum Gasteiger partial charge on any atom is 0.320 e. The van der Waals surface area contributed by atoms with Gasteiger partial charge in [0, 0.05) is 11.1 Å². The van der Waals surface area contributed by atoms with Gasteiger partial charge in [-0.3, -0.25) is 9.59 Å². The maximum absolute atomic E-state index is 12.2. The van der Waals surface area contributed by atoms with Crippen LogP contribution in [0.4, 0.5) is 0 Å². The van der Waals surface area contributed by atoms with E-state index in [2.05, 4.69) is 5.92 Å². The smallest absolute Gasteiger partial charge is 0.320 e. The first-order chi connectivity index (χ1) is 9.99. The Morgan fingerprint density at radius 1 is 1.38 bits per heavy atom. The van der Waals surface area contributed by atoms with Crippen molar-refractivity contribution in [1.82, 2.24) is 0 Å². The topological polar surface area (TPSA) is 80.4 Å². The average molecular weight is 283 g/mol. The summed E-state index contributed by atoms with van der Waals surface area (Å²) in [5.41, 5.74) is 7.25. The molecule has 0 fully saturated rings. The molecule has 21 heavy (non-hydrogen) atoms. The van der Waals surface area contributed by atoms with Gasteiger partial charge < -0.3 is 10.8 Å². The Morgan fingerprint density at radius 3 is 2.48 bits per heavy atom. The minimum Gasteiger partial charge on any atom is -0.480 e. The number of ketones is 1. The molecule has 0 saturated carbocycles. The van der Waals surface area contributed by atoms with Gasteiger partial charge in [-0.15, -0.1) is 6.42 Å². The van der Waals surface area contributed by atoms with Gasteiger partial charge in [-0.25, -0.2) is 0 Å². The zero-order valence-electron chi connectivity index (χ0n) is 11.7. The summed E-state index contributed by atoms with van der Waals surface area (Å²) in [5.74, 6) is 1.15. The lowest BCUT2D eigenvalue weighted by molar-refractivity contribution is -0.138. The zero-order chi connectivity index (χ0) is 15.8. The van der Waals surface area contributed by atoms with Crippen molar-refractivity contribution in [2.75, 3.05) is 0 Å². The normalized spacial score (nSPS) is 12.9. The highest BCUT2D eigenvalue weighted by molar-refractivity contribution is 6.10. The number of allylic oxidation sites excluding steroid dienone is 4. The van der Waals surface area contributed by atoms with Crippen LogP contribution in [-0.2, 0) is 11.2 Å². The van der Waals surface area contributed by atoms with Crippen LogP contribution in [0.5, 0.6) is 0 Å². The molecule has 0 aliphatic heterocycles. The molecule has 1 aromatic carbocycles. The summed E-state index contributed by atoms with van der Waals surface area (Å²) >= 11 is 0. The third-order valence-corrected chi connectivity index (χ3v) is 2.92. The Morgan fingerprint density at radius 2 is 2.00 bits per heavy atom. The van der Waals surface area contributed by atoms with Crippen LogP contribution in [0.2, 0.25) is 0 Å². The highest BCUT2D eigenvalue weighted by Gasteiger charge is 2.13. The summed E-state index contributed by atoms with van der Waals surface area (Å²) in [6, 6.07) is 5.76. The SMILES string of the molecule is C#C/C=C\C(=C/C)C(=O)c1ccc(C[C@H](N)C(=O)O)cc1. The van der Waals surface area contributed by atoms with Gasteiger partial charge in [-0.2, -0.15) is 0 Å². The van der Waals surface area contributed by atoms with Crippen LogP contribution >= 0.6 is 0 Å². The highest BCUT2D eigenvalue weighted by Crippen LogP contribution is 2.12. The number of carboxylic acids is 1. The number of hydrogen-bond donors (Lipinski definition) is 2. The van der Waals surface area contributed by atoms with Crippen molar-refractivity contribution in [3.63, 3.8) is 0 Å². The van der Waals surface area contributed by atoms with Crippen molar-refractivity contribution in [3.8, 4) is 12.3 Å². The molecule has 0 aliphatic carbocycles. The van der Waals surface area contributed by atoms with Crippen LogP contribution in [-0.4, -0.2) is 22.9 Å². The molecule has 4 heteroatoms. The number of carbonyl (C=O) groups excluding carboxylic acids is 1. The second-order valence-corrected chi connectivity index (χ2v) is 4.42. The van der Waals surface area contributed by atoms with Crippen molar-refractivity contribution < 1.29 is 14.7 Å². The van der Waals surface area contributed by atoms with Gasteiger partial charge in [-0.05, 0) is 31.1 Å². The van der Waals surface area contributed by atoms with Crippen molar-refractivity contribution >= 4 is 11.8 Å². The van der Waals surface area contributed by atoms with Gasteiger partial charge in [0.05, 0.1) is 0 Å². The van der Waals surface area contributed by atoms with Gasteiger partial charge in [-0.1, -0.05) is 36.3 Å². The van der Waals surface area contributed by atoms with E-state index >= 15 is 0 Å². The number of carbonyl (C=O) groups is 2. The number of aliphatic carboxylic acids is 1. The van der Waals surface area contributed by atoms with Gasteiger partial charge in [0.15, 0.2) is 5.78 Å². The molecule has 1 rings (SSSR count). The second kappa shape index (κ2) is 7.83.